The summed E-state index contributed by atoms with van der Waals surface area (Å²) < 4.78 is 27.4. The first kappa shape index (κ1) is 18.3. The van der Waals surface area contributed by atoms with Crippen LogP contribution in [0, 0.1) is 0 Å². The summed E-state index contributed by atoms with van der Waals surface area (Å²) in [6.07, 6.45) is -2.65. The Morgan fingerprint density at radius 3 is 2.67 bits per heavy atom. The van der Waals surface area contributed by atoms with Gasteiger partial charge in [0.15, 0.2) is 10.0 Å². The van der Waals surface area contributed by atoms with E-state index in [0.717, 1.165) is 32.9 Å². The highest BCUT2D eigenvalue weighted by Gasteiger charge is 2.21. The van der Waals surface area contributed by atoms with Gasteiger partial charge in [-0.15, -0.1) is 22.0 Å². The lowest BCUT2D eigenvalue weighted by atomic mass is 10.2. The van der Waals surface area contributed by atoms with Crippen LogP contribution in [0.15, 0.2) is 47.4 Å². The van der Waals surface area contributed by atoms with Gasteiger partial charge >= 0.3 is 0 Å². The minimum absolute atomic E-state index is 0.315. The molecule has 4 aromatic rings. The molecule has 0 aliphatic rings. The lowest BCUT2D eigenvalue weighted by molar-refractivity contribution is 0.150. The van der Waals surface area contributed by atoms with E-state index in [1.165, 1.54) is 5.56 Å². The zero-order valence-corrected chi connectivity index (χ0v) is 16.5. The molecule has 0 fully saturated rings. The molecule has 4 rings (SSSR count). The van der Waals surface area contributed by atoms with Gasteiger partial charge in [0.05, 0.1) is 10.5 Å². The topological polar surface area (TPSA) is 43.6 Å². The van der Waals surface area contributed by atoms with E-state index < -0.39 is 6.43 Å². The maximum Gasteiger partial charge on any atom is 0.291 e. The monoisotopic (exact) mass is 422 g/mol. The fraction of sp³-hybridized carbons (Fsp3) is 0.167. The highest BCUT2D eigenvalue weighted by Crippen LogP contribution is 2.38. The molecule has 0 saturated heterocycles. The van der Waals surface area contributed by atoms with Crippen molar-refractivity contribution in [2.75, 3.05) is 0 Å². The fourth-order valence-corrected chi connectivity index (χ4v) is 4.77. The maximum absolute atomic E-state index is 12.9. The molecule has 0 unspecified atom stereocenters. The smallest absolute Gasteiger partial charge is 0.266 e. The molecule has 0 amide bonds. The molecule has 9 heteroatoms. The third-order valence-corrected chi connectivity index (χ3v) is 6.22. The third kappa shape index (κ3) is 3.69. The lowest BCUT2D eigenvalue weighted by Gasteiger charge is -2.05. The van der Waals surface area contributed by atoms with Crippen LogP contribution in [0.4, 0.5) is 8.78 Å². The van der Waals surface area contributed by atoms with Crippen LogP contribution in [0.25, 0.3) is 21.6 Å². The number of fused-ring (bicyclic) bond motifs is 1. The van der Waals surface area contributed by atoms with Crippen LogP contribution >= 0.6 is 34.7 Å². The minimum atomic E-state index is -2.65. The Hall–Kier alpha value is -2.03. The van der Waals surface area contributed by atoms with Crippen molar-refractivity contribution in [1.82, 2.24) is 20.0 Å². The Morgan fingerprint density at radius 2 is 1.96 bits per heavy atom. The van der Waals surface area contributed by atoms with Crippen molar-refractivity contribution in [3.05, 3.63) is 58.1 Å². The molecule has 0 N–H and O–H groups in total. The van der Waals surface area contributed by atoms with Crippen LogP contribution in [-0.2, 0) is 12.8 Å². The number of hydrogen-bond acceptors (Lipinski definition) is 5. The summed E-state index contributed by atoms with van der Waals surface area (Å²) in [5.41, 5.74) is 2.46. The molecule has 0 aliphatic carbocycles. The maximum atomic E-state index is 12.9. The van der Waals surface area contributed by atoms with Crippen LogP contribution in [0.2, 0.25) is 5.02 Å². The molecule has 2 aromatic carbocycles. The van der Waals surface area contributed by atoms with Crippen LogP contribution in [0.5, 0.6) is 0 Å². The SMILES string of the molecule is Cn1nc(-c2nnc(C(F)F)s2)c2cc(SCc3ccccc3)cc(Cl)c21. The van der Waals surface area contributed by atoms with Gasteiger partial charge in [0.1, 0.15) is 5.69 Å². The molecule has 0 spiro atoms. The number of benzene rings is 2. The second-order valence-electron chi connectivity index (χ2n) is 5.79. The van der Waals surface area contributed by atoms with Crippen LogP contribution in [-0.4, -0.2) is 20.0 Å². The molecule has 138 valence electrons. The quantitative estimate of drug-likeness (QED) is 0.371. The van der Waals surface area contributed by atoms with Crippen molar-refractivity contribution in [3.8, 4) is 10.7 Å². The second-order valence-corrected chi connectivity index (χ2v) is 8.26. The number of aromatic nitrogens is 4. The Balaban J connectivity index is 1.73. The van der Waals surface area contributed by atoms with E-state index in [1.807, 2.05) is 30.3 Å². The van der Waals surface area contributed by atoms with Crippen molar-refractivity contribution in [2.24, 2.45) is 7.05 Å². The third-order valence-electron chi connectivity index (χ3n) is 3.94. The average molecular weight is 423 g/mol. The van der Waals surface area contributed by atoms with E-state index in [1.54, 1.807) is 23.5 Å². The summed E-state index contributed by atoms with van der Waals surface area (Å²) in [6.45, 7) is 0. The number of aryl methyl sites for hydroxylation is 1. The fourth-order valence-electron chi connectivity index (χ4n) is 2.74. The number of nitrogens with zero attached hydrogens (tertiary/aromatic N) is 4. The molecule has 0 radical (unpaired) electrons. The largest absolute Gasteiger partial charge is 0.291 e. The summed E-state index contributed by atoms with van der Waals surface area (Å²) >= 11 is 8.98. The zero-order valence-electron chi connectivity index (χ0n) is 14.1. The van der Waals surface area contributed by atoms with Gasteiger partial charge in [0.2, 0.25) is 0 Å². The molecule has 0 saturated carbocycles. The van der Waals surface area contributed by atoms with E-state index in [0.29, 0.717) is 15.7 Å². The summed E-state index contributed by atoms with van der Waals surface area (Å²) in [7, 11) is 1.77. The summed E-state index contributed by atoms with van der Waals surface area (Å²) in [6, 6.07) is 14.0. The van der Waals surface area contributed by atoms with Crippen LogP contribution in [0.1, 0.15) is 17.0 Å². The van der Waals surface area contributed by atoms with Gasteiger partial charge in [0.25, 0.3) is 6.43 Å². The Kier molecular flexibility index (Phi) is 5.12. The molecule has 0 aliphatic heterocycles. The second kappa shape index (κ2) is 7.53. The van der Waals surface area contributed by atoms with Crippen molar-refractivity contribution in [1.29, 1.82) is 0 Å². The van der Waals surface area contributed by atoms with E-state index in [2.05, 4.69) is 27.4 Å². The highest BCUT2D eigenvalue weighted by molar-refractivity contribution is 7.98. The number of alkyl halides is 2. The molecule has 2 heterocycles. The van der Waals surface area contributed by atoms with Crippen LogP contribution < -0.4 is 0 Å². The normalized spacial score (nSPS) is 11.6. The molecule has 27 heavy (non-hydrogen) atoms. The predicted molar refractivity (Wildman–Crippen MR) is 106 cm³/mol. The molecule has 0 atom stereocenters. The van der Waals surface area contributed by atoms with Gasteiger partial charge in [0, 0.05) is 23.1 Å². The summed E-state index contributed by atoms with van der Waals surface area (Å²) in [5, 5.41) is 13.3. The first-order valence-corrected chi connectivity index (χ1v) is 10.2. The first-order chi connectivity index (χ1) is 13.0. The average Bonchev–Trinajstić information content (AvgIpc) is 3.26. The Labute approximate surface area is 167 Å². The lowest BCUT2D eigenvalue weighted by Crippen LogP contribution is -1.90. The Morgan fingerprint density at radius 1 is 1.19 bits per heavy atom. The van der Waals surface area contributed by atoms with Crippen molar-refractivity contribution < 1.29 is 8.78 Å². The molecular formula is C18H13ClF2N4S2. The van der Waals surface area contributed by atoms with Crippen molar-refractivity contribution >= 4 is 45.6 Å². The van der Waals surface area contributed by atoms with Gasteiger partial charge < -0.3 is 0 Å². The van der Waals surface area contributed by atoms with Gasteiger partial charge in [-0.05, 0) is 17.7 Å². The van der Waals surface area contributed by atoms with Crippen molar-refractivity contribution in [3.63, 3.8) is 0 Å². The molecule has 0 bridgehead atoms. The van der Waals surface area contributed by atoms with E-state index in [9.17, 15) is 8.78 Å². The molecule has 4 nitrogen and oxygen atoms in total. The predicted octanol–water partition coefficient (Wildman–Crippen LogP) is 5.98. The summed E-state index contributed by atoms with van der Waals surface area (Å²) in [5.74, 6) is 0.798. The number of hydrogen-bond donors (Lipinski definition) is 0. The van der Waals surface area contributed by atoms with Gasteiger partial charge in [-0.25, -0.2) is 8.78 Å². The van der Waals surface area contributed by atoms with Crippen molar-refractivity contribution in [2.45, 2.75) is 17.1 Å². The number of rotatable bonds is 5. The Bertz CT molecular complexity index is 1100. The molecule has 2 aromatic heterocycles. The van der Waals surface area contributed by atoms with E-state index >= 15 is 0 Å². The zero-order chi connectivity index (χ0) is 19.0. The minimum Gasteiger partial charge on any atom is -0.266 e. The number of thioether (sulfide) groups is 1. The van der Waals surface area contributed by atoms with Gasteiger partial charge in [-0.2, -0.15) is 5.10 Å². The van der Waals surface area contributed by atoms with E-state index in [4.69, 9.17) is 11.6 Å². The number of halogens is 3. The molecular weight excluding hydrogens is 410 g/mol. The summed E-state index contributed by atoms with van der Waals surface area (Å²) in [4.78, 5) is 0.976. The first-order valence-electron chi connectivity index (χ1n) is 7.98. The van der Waals surface area contributed by atoms with Gasteiger partial charge in [-0.1, -0.05) is 53.3 Å². The van der Waals surface area contributed by atoms with Crippen LogP contribution in [0.3, 0.4) is 0 Å². The van der Waals surface area contributed by atoms with Gasteiger partial charge in [-0.3, -0.25) is 4.68 Å². The standard InChI is InChI=1S/C18H13ClF2N4S2/c1-25-15-12(14(24-25)17-22-23-18(27-17)16(20)21)7-11(8-13(15)19)26-9-10-5-3-2-4-6-10/h2-8,16H,9H2,1H3. The van der Waals surface area contributed by atoms with E-state index in [-0.39, 0.29) is 5.01 Å². The highest BCUT2D eigenvalue weighted by atomic mass is 35.5.